The van der Waals surface area contributed by atoms with Gasteiger partial charge in [-0.15, -0.1) is 0 Å². The molecule has 4 heteroatoms. The summed E-state index contributed by atoms with van der Waals surface area (Å²) in [6.07, 6.45) is 0.839. The van der Waals surface area contributed by atoms with Gasteiger partial charge < -0.3 is 4.79 Å². The standard InChI is InChI=1S/C13H17NO3/c1-10(2)13(9-15)12(8-14(16)17)11-6-4-3-5-7-11/h3-7,9-10,12-13H,8H2,1-2H3. The van der Waals surface area contributed by atoms with Crippen molar-refractivity contribution in [2.45, 2.75) is 19.8 Å². The second-order valence-corrected chi connectivity index (χ2v) is 4.49. The molecule has 2 unspecified atom stereocenters. The summed E-state index contributed by atoms with van der Waals surface area (Å²) in [6, 6.07) is 9.22. The molecule has 1 rings (SSSR count). The summed E-state index contributed by atoms with van der Waals surface area (Å²) in [6.45, 7) is 3.62. The average Bonchev–Trinajstić information content (AvgIpc) is 2.29. The highest BCUT2D eigenvalue weighted by Crippen LogP contribution is 2.29. The van der Waals surface area contributed by atoms with E-state index in [1.165, 1.54) is 0 Å². The number of rotatable bonds is 6. The van der Waals surface area contributed by atoms with Crippen LogP contribution in [0.3, 0.4) is 0 Å². The van der Waals surface area contributed by atoms with Gasteiger partial charge in [0.1, 0.15) is 6.29 Å². The fraction of sp³-hybridized carbons (Fsp3) is 0.462. The van der Waals surface area contributed by atoms with Crippen LogP contribution in [0.25, 0.3) is 0 Å². The summed E-state index contributed by atoms with van der Waals surface area (Å²) in [4.78, 5) is 21.5. The lowest BCUT2D eigenvalue weighted by atomic mass is 9.80. The van der Waals surface area contributed by atoms with Crippen LogP contribution in [0.2, 0.25) is 0 Å². The van der Waals surface area contributed by atoms with Gasteiger partial charge in [0.05, 0.1) is 5.92 Å². The topological polar surface area (TPSA) is 60.2 Å². The van der Waals surface area contributed by atoms with E-state index in [1.807, 2.05) is 44.2 Å². The molecular weight excluding hydrogens is 218 g/mol. The van der Waals surface area contributed by atoms with Crippen molar-refractivity contribution in [1.29, 1.82) is 0 Å². The van der Waals surface area contributed by atoms with Crippen molar-refractivity contribution in [1.82, 2.24) is 0 Å². The van der Waals surface area contributed by atoms with E-state index >= 15 is 0 Å². The molecule has 1 aromatic carbocycles. The summed E-state index contributed by atoms with van der Waals surface area (Å²) in [7, 11) is 0. The molecule has 0 heterocycles. The largest absolute Gasteiger partial charge is 0.303 e. The lowest BCUT2D eigenvalue weighted by molar-refractivity contribution is -0.484. The zero-order valence-corrected chi connectivity index (χ0v) is 10.1. The third kappa shape index (κ3) is 3.66. The first-order valence-corrected chi connectivity index (χ1v) is 5.68. The van der Waals surface area contributed by atoms with Gasteiger partial charge in [0.25, 0.3) is 0 Å². The Hall–Kier alpha value is -1.71. The van der Waals surface area contributed by atoms with Crippen LogP contribution in [-0.2, 0) is 4.79 Å². The Labute approximate surface area is 101 Å². The van der Waals surface area contributed by atoms with Crippen LogP contribution in [0.15, 0.2) is 30.3 Å². The van der Waals surface area contributed by atoms with E-state index in [-0.39, 0.29) is 29.2 Å². The maximum absolute atomic E-state index is 11.1. The highest BCUT2D eigenvalue weighted by atomic mass is 16.6. The predicted octanol–water partition coefficient (Wildman–Crippen LogP) is 2.52. The Morgan fingerprint density at radius 2 is 1.88 bits per heavy atom. The van der Waals surface area contributed by atoms with Gasteiger partial charge in [0.15, 0.2) is 0 Å². The molecule has 0 amide bonds. The van der Waals surface area contributed by atoms with Crippen molar-refractivity contribution >= 4 is 6.29 Å². The van der Waals surface area contributed by atoms with Crippen molar-refractivity contribution < 1.29 is 9.72 Å². The second kappa shape index (κ2) is 6.13. The van der Waals surface area contributed by atoms with Crippen molar-refractivity contribution in [3.8, 4) is 0 Å². The van der Waals surface area contributed by atoms with Crippen LogP contribution in [0.5, 0.6) is 0 Å². The van der Waals surface area contributed by atoms with Crippen LogP contribution < -0.4 is 0 Å². The second-order valence-electron chi connectivity index (χ2n) is 4.49. The van der Waals surface area contributed by atoms with Crippen LogP contribution in [-0.4, -0.2) is 17.8 Å². The minimum absolute atomic E-state index is 0.0951. The zero-order valence-electron chi connectivity index (χ0n) is 10.1. The number of nitrogens with zero attached hydrogens (tertiary/aromatic N) is 1. The first-order chi connectivity index (χ1) is 8.06. The number of hydrogen-bond donors (Lipinski definition) is 0. The Morgan fingerprint density at radius 3 is 2.29 bits per heavy atom. The SMILES string of the molecule is CC(C)C(C=O)C(C[N+](=O)[O-])c1ccccc1. The fourth-order valence-electron chi connectivity index (χ4n) is 2.03. The molecule has 0 N–H and O–H groups in total. The van der Waals surface area contributed by atoms with Gasteiger partial charge in [0, 0.05) is 10.8 Å². The maximum atomic E-state index is 11.1. The fourth-order valence-corrected chi connectivity index (χ4v) is 2.03. The molecule has 0 saturated heterocycles. The molecule has 0 aliphatic heterocycles. The molecule has 0 aliphatic rings. The van der Waals surface area contributed by atoms with Gasteiger partial charge in [-0.05, 0) is 11.5 Å². The number of benzene rings is 1. The van der Waals surface area contributed by atoms with E-state index in [0.29, 0.717) is 0 Å². The molecule has 0 saturated carbocycles. The van der Waals surface area contributed by atoms with Gasteiger partial charge in [-0.3, -0.25) is 10.1 Å². The van der Waals surface area contributed by atoms with Gasteiger partial charge in [-0.25, -0.2) is 0 Å². The molecular formula is C13H17NO3. The van der Waals surface area contributed by atoms with Crippen LogP contribution in [0, 0.1) is 22.0 Å². The third-order valence-electron chi connectivity index (χ3n) is 2.97. The van der Waals surface area contributed by atoms with Crippen molar-refractivity contribution in [3.05, 3.63) is 46.0 Å². The van der Waals surface area contributed by atoms with Gasteiger partial charge in [-0.2, -0.15) is 0 Å². The summed E-state index contributed by atoms with van der Waals surface area (Å²) in [5, 5.41) is 10.7. The Bertz CT molecular complexity index is 376. The van der Waals surface area contributed by atoms with Crippen LogP contribution in [0.1, 0.15) is 25.3 Å². The van der Waals surface area contributed by atoms with E-state index in [9.17, 15) is 14.9 Å². The average molecular weight is 235 g/mol. The molecule has 0 bridgehead atoms. The predicted molar refractivity (Wildman–Crippen MR) is 65.4 cm³/mol. The Morgan fingerprint density at radius 1 is 1.29 bits per heavy atom. The van der Waals surface area contributed by atoms with E-state index < -0.39 is 0 Å². The summed E-state index contributed by atoms with van der Waals surface area (Å²) in [5.74, 6) is -0.566. The van der Waals surface area contributed by atoms with Crippen molar-refractivity contribution in [2.75, 3.05) is 6.54 Å². The van der Waals surface area contributed by atoms with Crippen LogP contribution >= 0.6 is 0 Å². The molecule has 92 valence electrons. The van der Waals surface area contributed by atoms with Gasteiger partial charge in [0.2, 0.25) is 6.54 Å². The highest BCUT2D eigenvalue weighted by molar-refractivity contribution is 5.56. The smallest absolute Gasteiger partial charge is 0.211 e. The Balaban J connectivity index is 3.02. The number of nitro groups is 1. The van der Waals surface area contributed by atoms with Crippen LogP contribution in [0.4, 0.5) is 0 Å². The van der Waals surface area contributed by atoms with Crippen molar-refractivity contribution in [3.63, 3.8) is 0 Å². The number of carbonyl (C=O) groups is 1. The molecule has 17 heavy (non-hydrogen) atoms. The zero-order chi connectivity index (χ0) is 12.8. The highest BCUT2D eigenvalue weighted by Gasteiger charge is 2.29. The third-order valence-corrected chi connectivity index (χ3v) is 2.97. The van der Waals surface area contributed by atoms with E-state index in [1.54, 1.807) is 0 Å². The summed E-state index contributed by atoms with van der Waals surface area (Å²) in [5.41, 5.74) is 0.856. The van der Waals surface area contributed by atoms with Crippen molar-refractivity contribution in [2.24, 2.45) is 11.8 Å². The molecule has 0 fully saturated rings. The molecule has 0 radical (unpaired) electrons. The quantitative estimate of drug-likeness (QED) is 0.432. The maximum Gasteiger partial charge on any atom is 0.211 e. The number of hydrogen-bond acceptors (Lipinski definition) is 3. The summed E-state index contributed by atoms with van der Waals surface area (Å²) >= 11 is 0. The molecule has 2 atom stereocenters. The number of carbonyl (C=O) groups excluding carboxylic acids is 1. The minimum Gasteiger partial charge on any atom is -0.303 e. The first kappa shape index (κ1) is 13.4. The van der Waals surface area contributed by atoms with E-state index in [4.69, 9.17) is 0 Å². The molecule has 4 nitrogen and oxygen atoms in total. The van der Waals surface area contributed by atoms with E-state index in [2.05, 4.69) is 0 Å². The monoisotopic (exact) mass is 235 g/mol. The summed E-state index contributed by atoms with van der Waals surface area (Å²) < 4.78 is 0. The first-order valence-electron chi connectivity index (χ1n) is 5.68. The molecule has 0 aliphatic carbocycles. The lowest BCUT2D eigenvalue weighted by Gasteiger charge is -2.22. The molecule has 0 spiro atoms. The number of aldehydes is 1. The molecule has 0 aromatic heterocycles. The lowest BCUT2D eigenvalue weighted by Crippen LogP contribution is -2.26. The van der Waals surface area contributed by atoms with Gasteiger partial charge >= 0.3 is 0 Å². The van der Waals surface area contributed by atoms with Gasteiger partial charge in [-0.1, -0.05) is 44.2 Å². The normalized spacial score (nSPS) is 14.3. The Kier molecular flexibility index (Phi) is 4.82. The van der Waals surface area contributed by atoms with E-state index in [0.717, 1.165) is 11.8 Å². The molecule has 1 aromatic rings. The minimum atomic E-state index is -0.351.